The lowest BCUT2D eigenvalue weighted by molar-refractivity contribution is -0.121. The molecule has 0 aliphatic carbocycles. The number of hydrogen-bond donors (Lipinski definition) is 2. The molecule has 0 aromatic carbocycles. The lowest BCUT2D eigenvalue weighted by Crippen LogP contribution is -2.38. The second-order valence-electron chi connectivity index (χ2n) is 4.57. The molecule has 0 radical (unpaired) electrons. The van der Waals surface area contributed by atoms with Gasteiger partial charge in [-0.2, -0.15) is 0 Å². The molecule has 1 saturated heterocycles. The van der Waals surface area contributed by atoms with Crippen molar-refractivity contribution in [2.24, 2.45) is 11.1 Å². The molecule has 1 amide bonds. The topological polar surface area (TPSA) is 58.4 Å². The number of rotatable bonds is 5. The number of nitrogens with zero attached hydrogens (tertiary/aromatic N) is 1. The summed E-state index contributed by atoms with van der Waals surface area (Å²) in [5.41, 5.74) is 5.89. The average molecular weight is 248 g/mol. The van der Waals surface area contributed by atoms with E-state index in [4.69, 9.17) is 5.73 Å². The summed E-state index contributed by atoms with van der Waals surface area (Å²) < 4.78 is 0. The molecule has 1 rings (SSSR count). The van der Waals surface area contributed by atoms with E-state index in [0.717, 1.165) is 19.5 Å². The Bertz CT molecular complexity index is 247. The second kappa shape index (κ2) is 6.89. The third-order valence-corrected chi connectivity index (χ3v) is 2.94. The van der Waals surface area contributed by atoms with Gasteiger partial charge in [0.05, 0.1) is 6.54 Å². The van der Waals surface area contributed by atoms with Crippen molar-refractivity contribution in [3.63, 3.8) is 0 Å². The molecular weight excluding hydrogens is 226 g/mol. The van der Waals surface area contributed by atoms with Crippen molar-refractivity contribution in [1.82, 2.24) is 10.2 Å². The molecule has 5 heteroatoms. The highest BCUT2D eigenvalue weighted by molar-refractivity contribution is 5.85. The highest BCUT2D eigenvalue weighted by atomic mass is 35.5. The Hall–Kier alpha value is -0.580. The lowest BCUT2D eigenvalue weighted by atomic mass is 9.90. The second-order valence-corrected chi connectivity index (χ2v) is 4.57. The van der Waals surface area contributed by atoms with Gasteiger partial charge in [0.25, 0.3) is 0 Å². The van der Waals surface area contributed by atoms with Crippen LogP contribution in [0.5, 0.6) is 0 Å². The SMILES string of the molecule is C=CCNC(=O)CN1CCC(C)(CN)C1.Cl. The number of carbonyl (C=O) groups is 1. The molecule has 0 aromatic rings. The van der Waals surface area contributed by atoms with Gasteiger partial charge in [-0.1, -0.05) is 13.0 Å². The van der Waals surface area contributed by atoms with E-state index >= 15 is 0 Å². The van der Waals surface area contributed by atoms with Crippen LogP contribution < -0.4 is 11.1 Å². The third-order valence-electron chi connectivity index (χ3n) is 2.94. The van der Waals surface area contributed by atoms with Gasteiger partial charge in [-0.15, -0.1) is 19.0 Å². The van der Waals surface area contributed by atoms with E-state index in [9.17, 15) is 4.79 Å². The molecule has 1 fully saturated rings. The molecule has 1 unspecified atom stereocenters. The van der Waals surface area contributed by atoms with E-state index in [-0.39, 0.29) is 23.7 Å². The van der Waals surface area contributed by atoms with E-state index in [1.54, 1.807) is 6.08 Å². The van der Waals surface area contributed by atoms with Crippen molar-refractivity contribution >= 4 is 18.3 Å². The van der Waals surface area contributed by atoms with Gasteiger partial charge in [-0.3, -0.25) is 9.69 Å². The largest absolute Gasteiger partial charge is 0.352 e. The van der Waals surface area contributed by atoms with Crippen LogP contribution in [0.2, 0.25) is 0 Å². The Morgan fingerprint density at radius 2 is 2.38 bits per heavy atom. The molecule has 0 aromatic heterocycles. The third kappa shape index (κ3) is 4.51. The summed E-state index contributed by atoms with van der Waals surface area (Å²) in [4.78, 5) is 13.6. The molecule has 3 N–H and O–H groups in total. The van der Waals surface area contributed by atoms with Crippen molar-refractivity contribution in [3.8, 4) is 0 Å². The Labute approximate surface area is 104 Å². The first-order valence-corrected chi connectivity index (χ1v) is 5.40. The molecule has 1 heterocycles. The van der Waals surface area contributed by atoms with E-state index < -0.39 is 0 Å². The fourth-order valence-corrected chi connectivity index (χ4v) is 1.87. The average Bonchev–Trinajstić information content (AvgIpc) is 2.58. The van der Waals surface area contributed by atoms with Gasteiger partial charge in [-0.05, 0) is 24.9 Å². The number of hydrogen-bond acceptors (Lipinski definition) is 3. The first-order chi connectivity index (χ1) is 7.09. The molecule has 0 saturated carbocycles. The molecule has 16 heavy (non-hydrogen) atoms. The molecule has 1 aliphatic rings. The first-order valence-electron chi connectivity index (χ1n) is 5.40. The fraction of sp³-hybridized carbons (Fsp3) is 0.727. The highest BCUT2D eigenvalue weighted by Crippen LogP contribution is 2.27. The van der Waals surface area contributed by atoms with Crippen LogP contribution >= 0.6 is 12.4 Å². The summed E-state index contributed by atoms with van der Waals surface area (Å²) in [6.07, 6.45) is 2.77. The number of amides is 1. The van der Waals surface area contributed by atoms with Gasteiger partial charge in [0.15, 0.2) is 0 Å². The highest BCUT2D eigenvalue weighted by Gasteiger charge is 2.32. The lowest BCUT2D eigenvalue weighted by Gasteiger charge is -2.22. The van der Waals surface area contributed by atoms with Crippen LogP contribution in [0.3, 0.4) is 0 Å². The maximum Gasteiger partial charge on any atom is 0.234 e. The molecule has 1 atom stereocenters. The van der Waals surface area contributed by atoms with Crippen molar-refractivity contribution in [2.45, 2.75) is 13.3 Å². The van der Waals surface area contributed by atoms with Gasteiger partial charge >= 0.3 is 0 Å². The minimum atomic E-state index is 0. The smallest absolute Gasteiger partial charge is 0.234 e. The molecule has 0 bridgehead atoms. The van der Waals surface area contributed by atoms with E-state index in [1.807, 2.05) is 0 Å². The Kier molecular flexibility index (Phi) is 6.64. The van der Waals surface area contributed by atoms with Crippen LogP contribution in [0.1, 0.15) is 13.3 Å². The van der Waals surface area contributed by atoms with E-state index in [0.29, 0.717) is 19.6 Å². The number of nitrogens with one attached hydrogen (secondary N) is 1. The summed E-state index contributed by atoms with van der Waals surface area (Å²) in [6, 6.07) is 0. The predicted molar refractivity (Wildman–Crippen MR) is 68.7 cm³/mol. The van der Waals surface area contributed by atoms with Crippen molar-refractivity contribution in [3.05, 3.63) is 12.7 Å². The zero-order valence-corrected chi connectivity index (χ0v) is 10.7. The minimum Gasteiger partial charge on any atom is -0.352 e. The molecule has 1 aliphatic heterocycles. The summed E-state index contributed by atoms with van der Waals surface area (Å²) in [5, 5.41) is 2.77. The van der Waals surface area contributed by atoms with E-state index in [2.05, 4.69) is 23.7 Å². The summed E-state index contributed by atoms with van der Waals surface area (Å²) in [7, 11) is 0. The summed E-state index contributed by atoms with van der Waals surface area (Å²) >= 11 is 0. The maximum atomic E-state index is 11.4. The van der Waals surface area contributed by atoms with Crippen LogP contribution in [0, 0.1) is 5.41 Å². The van der Waals surface area contributed by atoms with Crippen molar-refractivity contribution in [2.75, 3.05) is 32.7 Å². The molecule has 94 valence electrons. The number of halogens is 1. The van der Waals surface area contributed by atoms with Crippen LogP contribution in [-0.4, -0.2) is 43.5 Å². The predicted octanol–water partition coefficient (Wildman–Crippen LogP) is 0.381. The van der Waals surface area contributed by atoms with Crippen LogP contribution in [-0.2, 0) is 4.79 Å². The van der Waals surface area contributed by atoms with Crippen LogP contribution in [0.25, 0.3) is 0 Å². The normalized spacial score (nSPS) is 24.9. The monoisotopic (exact) mass is 247 g/mol. The number of likely N-dealkylation sites (tertiary alicyclic amines) is 1. The first kappa shape index (κ1) is 15.4. The van der Waals surface area contributed by atoms with Crippen LogP contribution in [0.15, 0.2) is 12.7 Å². The van der Waals surface area contributed by atoms with Gasteiger partial charge in [-0.25, -0.2) is 0 Å². The summed E-state index contributed by atoms with van der Waals surface area (Å²) in [5.74, 6) is 0.0659. The number of nitrogens with two attached hydrogens (primary N) is 1. The summed E-state index contributed by atoms with van der Waals surface area (Å²) in [6.45, 7) is 9.33. The van der Waals surface area contributed by atoms with Gasteiger partial charge in [0.2, 0.25) is 5.91 Å². The van der Waals surface area contributed by atoms with Gasteiger partial charge in [0.1, 0.15) is 0 Å². The van der Waals surface area contributed by atoms with E-state index in [1.165, 1.54) is 0 Å². The molecule has 4 nitrogen and oxygen atoms in total. The Morgan fingerprint density at radius 3 is 2.88 bits per heavy atom. The molecule has 0 spiro atoms. The molecular formula is C11H22ClN3O. The zero-order chi connectivity index (χ0) is 11.3. The standard InChI is InChI=1S/C11H21N3O.ClH/c1-3-5-13-10(15)7-14-6-4-11(2,8-12)9-14;/h3H,1,4-9,12H2,2H3,(H,13,15);1H. The quantitative estimate of drug-likeness (QED) is 0.691. The Balaban J connectivity index is 0.00000225. The van der Waals surface area contributed by atoms with Gasteiger partial charge in [0, 0.05) is 13.1 Å². The van der Waals surface area contributed by atoms with Crippen molar-refractivity contribution in [1.29, 1.82) is 0 Å². The number of carbonyl (C=O) groups excluding carboxylic acids is 1. The Morgan fingerprint density at radius 1 is 1.69 bits per heavy atom. The van der Waals surface area contributed by atoms with Crippen LogP contribution in [0.4, 0.5) is 0 Å². The minimum absolute atomic E-state index is 0. The fourth-order valence-electron chi connectivity index (χ4n) is 1.87. The van der Waals surface area contributed by atoms with Gasteiger partial charge < -0.3 is 11.1 Å². The maximum absolute atomic E-state index is 11.4. The zero-order valence-electron chi connectivity index (χ0n) is 9.87. The van der Waals surface area contributed by atoms with Crippen molar-refractivity contribution < 1.29 is 4.79 Å².